The molecule has 4 heterocycles. The van der Waals surface area contributed by atoms with Gasteiger partial charge >= 0.3 is 18.1 Å². The molecule has 7 amide bonds. The smallest absolute Gasteiger partial charge is 0.322 e. The molecule has 1 aromatic carbocycles. The molecule has 4 aliphatic heterocycles. The van der Waals surface area contributed by atoms with Gasteiger partial charge in [-0.25, -0.2) is 14.4 Å². The Hall–Kier alpha value is -3.77. The summed E-state index contributed by atoms with van der Waals surface area (Å²) < 4.78 is 0. The van der Waals surface area contributed by atoms with Gasteiger partial charge in [-0.2, -0.15) is 0 Å². The largest absolute Gasteiger partial charge is 0.341 e. The lowest BCUT2D eigenvalue weighted by atomic mass is 9.98. The first-order valence-corrected chi connectivity index (χ1v) is 17.9. The maximum absolute atomic E-state index is 14.1. The zero-order valence-electron chi connectivity index (χ0n) is 28.3. The Morgan fingerprint density at radius 3 is 2.33 bits per heavy atom. The molecule has 12 nitrogen and oxygen atoms in total. The van der Waals surface area contributed by atoms with Crippen LogP contribution in [0.15, 0.2) is 48.2 Å². The van der Waals surface area contributed by atoms with Gasteiger partial charge in [0, 0.05) is 83.1 Å². The number of hydrogen-bond donors (Lipinski definition) is 3. The van der Waals surface area contributed by atoms with Crippen molar-refractivity contribution in [3.8, 4) is 0 Å². The molecular weight excluding hydrogens is 632 g/mol. The maximum Gasteiger partial charge on any atom is 0.322 e. The normalized spacial score (nSPS) is 20.7. The molecule has 0 aromatic heterocycles. The molecule has 1 unspecified atom stereocenters. The molecule has 5 rings (SSSR count). The molecule has 1 aromatic rings. The maximum atomic E-state index is 14.1. The van der Waals surface area contributed by atoms with E-state index >= 15 is 0 Å². The van der Waals surface area contributed by atoms with Gasteiger partial charge in [-0.1, -0.05) is 30.7 Å². The minimum atomic E-state index is -0.796. The van der Waals surface area contributed by atoms with Crippen LogP contribution >= 0.6 is 11.6 Å². The number of carbonyl (C=O) groups excluding carboxylic acids is 4. The molecule has 0 spiro atoms. The number of fused-ring (bicyclic) bond motifs is 1. The van der Waals surface area contributed by atoms with Gasteiger partial charge in [0.05, 0.1) is 0 Å². The lowest BCUT2D eigenvalue weighted by Gasteiger charge is -2.42. The van der Waals surface area contributed by atoms with Crippen molar-refractivity contribution < 1.29 is 19.2 Å². The van der Waals surface area contributed by atoms with Crippen molar-refractivity contribution in [3.63, 3.8) is 0 Å². The fourth-order valence-electron chi connectivity index (χ4n) is 7.30. The number of alkyl halides is 1. The lowest BCUT2D eigenvalue weighted by molar-refractivity contribution is -0.134. The summed E-state index contributed by atoms with van der Waals surface area (Å²) in [4.78, 5) is 62.2. The van der Waals surface area contributed by atoms with Crippen LogP contribution in [0.1, 0.15) is 56.9 Å². The van der Waals surface area contributed by atoms with Gasteiger partial charge in [-0.3, -0.25) is 4.79 Å². The summed E-state index contributed by atoms with van der Waals surface area (Å²) in [6, 6.07) is 6.86. The fraction of sp³-hybridized carbons (Fsp3) is 0.600. The van der Waals surface area contributed by atoms with Crippen molar-refractivity contribution in [2.75, 3.05) is 64.6 Å². The molecule has 3 saturated heterocycles. The Kier molecular flexibility index (Phi) is 12.6. The Morgan fingerprint density at radius 1 is 0.979 bits per heavy atom. The third-order valence-electron chi connectivity index (χ3n) is 10.2. The van der Waals surface area contributed by atoms with Crippen molar-refractivity contribution in [3.05, 3.63) is 53.8 Å². The van der Waals surface area contributed by atoms with Crippen molar-refractivity contribution in [1.29, 1.82) is 0 Å². The third kappa shape index (κ3) is 9.02. The van der Waals surface area contributed by atoms with E-state index in [1.54, 1.807) is 37.3 Å². The van der Waals surface area contributed by atoms with Crippen LogP contribution in [0.5, 0.6) is 0 Å². The van der Waals surface area contributed by atoms with Crippen molar-refractivity contribution in [2.24, 2.45) is 0 Å². The molecule has 0 radical (unpaired) electrons. The monoisotopic (exact) mass is 682 g/mol. The number of halogens is 1. The first-order valence-electron chi connectivity index (χ1n) is 17.4. The molecule has 0 bridgehead atoms. The molecule has 1 atom stereocenters. The number of urea groups is 3. The summed E-state index contributed by atoms with van der Waals surface area (Å²) in [5.74, 6) is 0.120. The molecule has 3 N–H and O–H groups in total. The van der Waals surface area contributed by atoms with Crippen LogP contribution in [0.3, 0.4) is 0 Å². The predicted octanol–water partition coefficient (Wildman–Crippen LogP) is 4.39. The van der Waals surface area contributed by atoms with Gasteiger partial charge in [-0.05, 0) is 74.9 Å². The minimum Gasteiger partial charge on any atom is -0.341 e. The number of rotatable bonds is 9. The van der Waals surface area contributed by atoms with Gasteiger partial charge in [0.2, 0.25) is 5.91 Å². The predicted molar refractivity (Wildman–Crippen MR) is 188 cm³/mol. The van der Waals surface area contributed by atoms with Gasteiger partial charge in [0.1, 0.15) is 6.04 Å². The van der Waals surface area contributed by atoms with Gasteiger partial charge in [-0.15, -0.1) is 11.6 Å². The minimum absolute atomic E-state index is 0.0155. The Balaban J connectivity index is 1.23. The van der Waals surface area contributed by atoms with Crippen LogP contribution in [0.2, 0.25) is 0 Å². The van der Waals surface area contributed by atoms with Gasteiger partial charge in [0.15, 0.2) is 0 Å². The van der Waals surface area contributed by atoms with E-state index < -0.39 is 6.04 Å². The number of para-hydroxylation sites is 1. The number of piperidine rings is 3. The van der Waals surface area contributed by atoms with Crippen LogP contribution in [0, 0.1) is 0 Å². The number of amides is 7. The van der Waals surface area contributed by atoms with E-state index in [1.807, 2.05) is 34.1 Å². The summed E-state index contributed by atoms with van der Waals surface area (Å²) in [7, 11) is 3.20. The highest BCUT2D eigenvalue weighted by Gasteiger charge is 2.35. The van der Waals surface area contributed by atoms with E-state index in [9.17, 15) is 19.2 Å². The second-order valence-electron chi connectivity index (χ2n) is 13.2. The molecule has 3 fully saturated rings. The van der Waals surface area contributed by atoms with Crippen molar-refractivity contribution in [1.82, 2.24) is 35.1 Å². The summed E-state index contributed by atoms with van der Waals surface area (Å²) in [6.45, 7) is 5.07. The van der Waals surface area contributed by atoms with E-state index in [4.69, 9.17) is 11.6 Å². The molecule has 48 heavy (non-hydrogen) atoms. The average molecular weight is 683 g/mol. The van der Waals surface area contributed by atoms with Crippen LogP contribution in [0.4, 0.5) is 20.1 Å². The number of likely N-dealkylation sites (tertiary alicyclic amines) is 3. The van der Waals surface area contributed by atoms with Crippen LogP contribution < -0.4 is 16.0 Å². The van der Waals surface area contributed by atoms with E-state index in [0.717, 1.165) is 42.8 Å². The first kappa shape index (κ1) is 35.5. The second-order valence-corrected chi connectivity index (χ2v) is 13.5. The van der Waals surface area contributed by atoms with E-state index in [2.05, 4.69) is 20.9 Å². The summed E-state index contributed by atoms with van der Waals surface area (Å²) in [6.07, 6.45) is 12.4. The van der Waals surface area contributed by atoms with Gasteiger partial charge < -0.3 is 40.4 Å². The molecule has 262 valence electrons. The molecular formula is C35H51ClN8O4. The Bertz CT molecular complexity index is 1350. The number of allylic oxidation sites excluding steroid dienone is 2. The Labute approximate surface area is 289 Å². The average Bonchev–Trinajstić information content (AvgIpc) is 3.13. The number of hydrogen-bond acceptors (Lipinski definition) is 5. The quantitative estimate of drug-likeness (QED) is 0.264. The third-order valence-corrected chi connectivity index (χ3v) is 10.3. The number of nitrogens with zero attached hydrogens (tertiary/aromatic N) is 5. The van der Waals surface area contributed by atoms with Crippen LogP contribution in [-0.2, 0) is 11.3 Å². The summed E-state index contributed by atoms with van der Waals surface area (Å²) in [5, 5.41) is 8.64. The van der Waals surface area contributed by atoms with Crippen molar-refractivity contribution in [2.45, 2.75) is 76.0 Å². The molecule has 13 heteroatoms. The van der Waals surface area contributed by atoms with Gasteiger partial charge in [0.25, 0.3) is 0 Å². The zero-order valence-corrected chi connectivity index (χ0v) is 29.1. The highest BCUT2D eigenvalue weighted by atomic mass is 35.5. The zero-order chi connectivity index (χ0) is 34.0. The van der Waals surface area contributed by atoms with E-state index in [-0.39, 0.29) is 42.3 Å². The summed E-state index contributed by atoms with van der Waals surface area (Å²) in [5.41, 5.74) is 2.67. The lowest BCUT2D eigenvalue weighted by Crippen LogP contribution is -2.57. The second kappa shape index (κ2) is 17.1. The number of anilines is 1. The highest BCUT2D eigenvalue weighted by Crippen LogP contribution is 2.28. The SMILES string of the molecule is CNC(=O)N(C)/C=C/C(=C\CCl)CC(NC(=O)N1CCC(N2Cc3ccccc3NC2=O)CC1)C(=O)N1CCC(N2CCCCC2)CC1. The van der Waals surface area contributed by atoms with Crippen molar-refractivity contribution >= 4 is 41.3 Å². The number of carbonyl (C=O) groups is 4. The fourth-order valence-corrected chi connectivity index (χ4v) is 7.50. The highest BCUT2D eigenvalue weighted by molar-refractivity contribution is 6.19. The molecule has 4 aliphatic rings. The van der Waals surface area contributed by atoms with Crippen LogP contribution in [-0.4, -0.2) is 126 Å². The van der Waals surface area contributed by atoms with E-state index in [1.165, 1.54) is 24.2 Å². The Morgan fingerprint density at radius 2 is 1.65 bits per heavy atom. The van der Waals surface area contributed by atoms with E-state index in [0.29, 0.717) is 51.6 Å². The first-order chi connectivity index (χ1) is 23.3. The topological polar surface area (TPSA) is 121 Å². The molecule has 0 saturated carbocycles. The van der Waals surface area contributed by atoms with Crippen LogP contribution in [0.25, 0.3) is 0 Å². The number of nitrogens with one attached hydrogen (secondary N) is 3. The number of benzene rings is 1. The standard InChI is InChI=1S/C35H51ClN8O4/c1-37-33(46)40(2)19-11-26(10-16-36)24-31(32(45)42-20-12-28(13-21-42)41-17-6-3-7-18-41)39-34(47)43-22-14-29(15-23-43)44-25-27-8-4-5-9-30(27)38-35(44)48/h4-5,8-11,19,28-29,31H,3,6-7,12-18,20-25H2,1-2H3,(H,37,46)(H,38,48)(H,39,47)/b19-11+,26-10+. The molecule has 0 aliphatic carbocycles. The summed E-state index contributed by atoms with van der Waals surface area (Å²) >= 11 is 6.12.